The first kappa shape index (κ1) is 17.8. The van der Waals surface area contributed by atoms with Crippen molar-refractivity contribution in [1.29, 1.82) is 0 Å². The molecule has 134 valence electrons. The number of aromatic nitrogens is 1. The van der Waals surface area contributed by atoms with Gasteiger partial charge in [-0.05, 0) is 17.7 Å². The van der Waals surface area contributed by atoms with Crippen LogP contribution in [0.25, 0.3) is 0 Å². The zero-order chi connectivity index (χ0) is 17.7. The van der Waals surface area contributed by atoms with Crippen LogP contribution in [-0.4, -0.2) is 55.7 Å². The van der Waals surface area contributed by atoms with E-state index in [-0.39, 0.29) is 11.4 Å². The highest BCUT2D eigenvalue weighted by Gasteiger charge is 2.26. The van der Waals surface area contributed by atoms with Crippen molar-refractivity contribution in [3.8, 4) is 0 Å². The van der Waals surface area contributed by atoms with Gasteiger partial charge in [0.1, 0.15) is 10.7 Å². The summed E-state index contributed by atoms with van der Waals surface area (Å²) in [6.45, 7) is 1.80. The average molecular weight is 363 g/mol. The largest absolute Gasteiger partial charge is 0.387 e. The number of benzene rings is 1. The second-order valence-corrected chi connectivity index (χ2v) is 7.64. The molecule has 0 aliphatic carbocycles. The fraction of sp³-hybridized carbons (Fsp3) is 0.353. The van der Waals surface area contributed by atoms with Crippen molar-refractivity contribution in [3.63, 3.8) is 0 Å². The van der Waals surface area contributed by atoms with Crippen LogP contribution in [0.3, 0.4) is 0 Å². The van der Waals surface area contributed by atoms with Gasteiger partial charge in [0.2, 0.25) is 10.0 Å². The van der Waals surface area contributed by atoms with E-state index in [0.717, 1.165) is 5.56 Å². The van der Waals surface area contributed by atoms with Gasteiger partial charge in [0.15, 0.2) is 0 Å². The predicted molar refractivity (Wildman–Crippen MR) is 93.7 cm³/mol. The van der Waals surface area contributed by atoms with E-state index in [4.69, 9.17) is 4.74 Å². The number of hydrogen-bond donors (Lipinski definition) is 2. The lowest BCUT2D eigenvalue weighted by Gasteiger charge is -2.25. The van der Waals surface area contributed by atoms with Gasteiger partial charge in [0.25, 0.3) is 0 Å². The van der Waals surface area contributed by atoms with Crippen LogP contribution in [0.1, 0.15) is 11.7 Å². The maximum Gasteiger partial charge on any atom is 0.244 e. The topological polar surface area (TPSA) is 91.8 Å². The number of anilines is 1. The second kappa shape index (κ2) is 7.92. The molecule has 0 unspecified atom stereocenters. The molecular formula is C17H21N3O4S. The fourth-order valence-corrected chi connectivity index (χ4v) is 3.92. The minimum absolute atomic E-state index is 0.156. The number of nitrogens with zero attached hydrogens (tertiary/aromatic N) is 2. The second-order valence-electron chi connectivity index (χ2n) is 5.70. The number of nitrogens with one attached hydrogen (secondary N) is 1. The highest BCUT2D eigenvalue weighted by Crippen LogP contribution is 2.18. The van der Waals surface area contributed by atoms with Crippen molar-refractivity contribution < 1.29 is 18.3 Å². The molecule has 0 bridgehead atoms. The van der Waals surface area contributed by atoms with Gasteiger partial charge in [-0.1, -0.05) is 30.3 Å². The van der Waals surface area contributed by atoms with Crippen LogP contribution in [0.5, 0.6) is 0 Å². The third-order valence-electron chi connectivity index (χ3n) is 4.01. The van der Waals surface area contributed by atoms with E-state index in [2.05, 4.69) is 10.3 Å². The zero-order valence-corrected chi connectivity index (χ0v) is 14.5. The highest BCUT2D eigenvalue weighted by molar-refractivity contribution is 7.89. The fourth-order valence-electron chi connectivity index (χ4n) is 2.57. The van der Waals surface area contributed by atoms with Crippen LogP contribution in [0.4, 0.5) is 5.82 Å². The normalized spacial score (nSPS) is 17.2. The van der Waals surface area contributed by atoms with Crippen LogP contribution in [0.15, 0.2) is 53.6 Å². The Morgan fingerprint density at radius 3 is 2.52 bits per heavy atom. The lowest BCUT2D eigenvalue weighted by molar-refractivity contribution is 0.0730. The van der Waals surface area contributed by atoms with Crippen LogP contribution < -0.4 is 5.32 Å². The number of ether oxygens (including phenoxy) is 1. The van der Waals surface area contributed by atoms with Gasteiger partial charge in [0.05, 0.1) is 19.3 Å². The molecule has 8 heteroatoms. The molecule has 0 saturated carbocycles. The van der Waals surface area contributed by atoms with Crippen molar-refractivity contribution in [2.45, 2.75) is 11.0 Å². The van der Waals surface area contributed by atoms with Crippen molar-refractivity contribution in [2.24, 2.45) is 0 Å². The summed E-state index contributed by atoms with van der Waals surface area (Å²) >= 11 is 0. The van der Waals surface area contributed by atoms with Crippen molar-refractivity contribution >= 4 is 15.8 Å². The average Bonchev–Trinajstić information content (AvgIpc) is 2.68. The van der Waals surface area contributed by atoms with Crippen LogP contribution in [-0.2, 0) is 14.8 Å². The van der Waals surface area contributed by atoms with Crippen molar-refractivity contribution in [3.05, 3.63) is 54.2 Å². The molecule has 3 rings (SSSR count). The standard InChI is InChI=1S/C17H21N3O4S/c21-16(14-4-2-1-3-5-14)13-19-17-7-6-15(12-18-17)25(22,23)20-8-10-24-11-9-20/h1-7,12,16,21H,8-11,13H2,(H,18,19)/t16-/m0/s1. The maximum atomic E-state index is 12.5. The number of aliphatic hydroxyl groups is 1. The van der Waals surface area contributed by atoms with E-state index < -0.39 is 16.1 Å². The van der Waals surface area contributed by atoms with Gasteiger partial charge >= 0.3 is 0 Å². The van der Waals surface area contributed by atoms with Gasteiger partial charge in [-0.15, -0.1) is 0 Å². The molecule has 1 aliphatic heterocycles. The number of rotatable bonds is 6. The molecule has 1 aromatic heterocycles. The van der Waals surface area contributed by atoms with E-state index in [1.165, 1.54) is 16.6 Å². The quantitative estimate of drug-likeness (QED) is 0.803. The minimum atomic E-state index is -3.54. The first-order valence-electron chi connectivity index (χ1n) is 8.08. The van der Waals surface area contributed by atoms with Gasteiger partial charge in [-0.25, -0.2) is 13.4 Å². The molecular weight excluding hydrogens is 342 g/mol. The van der Waals surface area contributed by atoms with Gasteiger partial charge < -0.3 is 15.2 Å². The molecule has 25 heavy (non-hydrogen) atoms. The van der Waals surface area contributed by atoms with Crippen LogP contribution >= 0.6 is 0 Å². The number of morpholine rings is 1. The third-order valence-corrected chi connectivity index (χ3v) is 5.89. The molecule has 2 heterocycles. The van der Waals surface area contributed by atoms with E-state index in [0.29, 0.717) is 32.1 Å². The molecule has 1 atom stereocenters. The van der Waals surface area contributed by atoms with E-state index in [1.54, 1.807) is 6.07 Å². The molecule has 0 spiro atoms. The van der Waals surface area contributed by atoms with Gasteiger partial charge in [-0.3, -0.25) is 0 Å². The molecule has 0 amide bonds. The minimum Gasteiger partial charge on any atom is -0.387 e. The summed E-state index contributed by atoms with van der Waals surface area (Å²) in [5, 5.41) is 13.1. The number of hydrogen-bond acceptors (Lipinski definition) is 6. The summed E-state index contributed by atoms with van der Waals surface area (Å²) < 4.78 is 31.6. The number of pyridine rings is 1. The Kier molecular flexibility index (Phi) is 5.64. The Hall–Kier alpha value is -2.00. The van der Waals surface area contributed by atoms with E-state index in [1.807, 2.05) is 30.3 Å². The van der Waals surface area contributed by atoms with Gasteiger partial charge in [0, 0.05) is 25.8 Å². The molecule has 1 aliphatic rings. The van der Waals surface area contributed by atoms with Crippen molar-refractivity contribution in [2.75, 3.05) is 38.2 Å². The van der Waals surface area contributed by atoms with Crippen LogP contribution in [0.2, 0.25) is 0 Å². The van der Waals surface area contributed by atoms with E-state index >= 15 is 0 Å². The predicted octanol–water partition coefficient (Wildman–Crippen LogP) is 1.25. The summed E-state index contributed by atoms with van der Waals surface area (Å²) in [6, 6.07) is 12.4. The Bertz CT molecular complexity index is 775. The van der Waals surface area contributed by atoms with Crippen molar-refractivity contribution in [1.82, 2.24) is 9.29 Å². The maximum absolute atomic E-state index is 12.5. The number of aliphatic hydroxyl groups excluding tert-OH is 1. The Morgan fingerprint density at radius 2 is 1.88 bits per heavy atom. The first-order chi connectivity index (χ1) is 12.1. The Balaban J connectivity index is 1.62. The molecule has 1 saturated heterocycles. The molecule has 1 fully saturated rings. The first-order valence-corrected chi connectivity index (χ1v) is 9.52. The number of sulfonamides is 1. The lowest BCUT2D eigenvalue weighted by Crippen LogP contribution is -2.40. The molecule has 2 aromatic rings. The summed E-state index contributed by atoms with van der Waals surface area (Å²) in [5.74, 6) is 0.510. The zero-order valence-electron chi connectivity index (χ0n) is 13.7. The third kappa shape index (κ3) is 4.35. The lowest BCUT2D eigenvalue weighted by atomic mass is 10.1. The molecule has 0 radical (unpaired) electrons. The summed E-state index contributed by atoms with van der Waals surface area (Å²) in [5.41, 5.74) is 0.807. The summed E-state index contributed by atoms with van der Waals surface area (Å²) in [4.78, 5) is 4.30. The molecule has 7 nitrogen and oxygen atoms in total. The van der Waals surface area contributed by atoms with Crippen LogP contribution in [0, 0.1) is 0 Å². The summed E-state index contributed by atoms with van der Waals surface area (Å²) in [6.07, 6.45) is 0.668. The smallest absolute Gasteiger partial charge is 0.244 e. The summed E-state index contributed by atoms with van der Waals surface area (Å²) in [7, 11) is -3.54. The molecule has 2 N–H and O–H groups in total. The van der Waals surface area contributed by atoms with E-state index in [9.17, 15) is 13.5 Å². The highest BCUT2D eigenvalue weighted by atomic mass is 32.2. The van der Waals surface area contributed by atoms with Gasteiger partial charge in [-0.2, -0.15) is 4.31 Å². The monoisotopic (exact) mass is 363 g/mol. The molecule has 1 aromatic carbocycles. The SMILES string of the molecule is O=S(=O)(c1ccc(NC[C@H](O)c2ccccc2)nc1)N1CCOCC1. The Morgan fingerprint density at radius 1 is 1.16 bits per heavy atom. The Labute approximate surface area is 147 Å².